The molecule has 1 aliphatic rings. The predicted molar refractivity (Wildman–Crippen MR) is 90.9 cm³/mol. The molecule has 2 aromatic carbocycles. The Morgan fingerprint density at radius 1 is 1.12 bits per heavy atom. The fourth-order valence-electron chi connectivity index (χ4n) is 2.86. The summed E-state index contributed by atoms with van der Waals surface area (Å²) < 4.78 is 18.3. The summed E-state index contributed by atoms with van der Waals surface area (Å²) in [6.07, 6.45) is 0.299. The fourth-order valence-corrected chi connectivity index (χ4v) is 2.99. The number of rotatable bonds is 3. The van der Waals surface area contributed by atoms with Gasteiger partial charge < -0.3 is 9.42 Å². The standard InChI is InChI=1S/C18H13ClFN3O2/c19-13-3-7-15(8-4-13)23-10-12(9-16(23)24)18-21-17(22-25-18)11-1-5-14(20)6-2-11/h1-8,12H,9-10H2. The molecule has 0 bridgehead atoms. The third kappa shape index (κ3) is 3.13. The van der Waals surface area contributed by atoms with Gasteiger partial charge in [-0.25, -0.2) is 4.39 Å². The third-order valence-corrected chi connectivity index (χ3v) is 4.41. The number of benzene rings is 2. The summed E-state index contributed by atoms with van der Waals surface area (Å²) in [6, 6.07) is 13.0. The molecule has 1 unspecified atom stereocenters. The van der Waals surface area contributed by atoms with Gasteiger partial charge in [-0.2, -0.15) is 4.98 Å². The van der Waals surface area contributed by atoms with Gasteiger partial charge in [0.1, 0.15) is 5.82 Å². The van der Waals surface area contributed by atoms with Gasteiger partial charge >= 0.3 is 0 Å². The summed E-state index contributed by atoms with van der Waals surface area (Å²) in [6.45, 7) is 0.464. The van der Waals surface area contributed by atoms with Crippen LogP contribution in [-0.2, 0) is 4.79 Å². The maximum Gasteiger partial charge on any atom is 0.232 e. The molecule has 5 nitrogen and oxygen atoms in total. The van der Waals surface area contributed by atoms with Gasteiger partial charge in [-0.05, 0) is 48.5 Å². The van der Waals surface area contributed by atoms with Crippen LogP contribution in [0.1, 0.15) is 18.2 Å². The van der Waals surface area contributed by atoms with Crippen molar-refractivity contribution < 1.29 is 13.7 Å². The Bertz CT molecular complexity index is 909. The average molecular weight is 358 g/mol. The number of carbonyl (C=O) groups excluding carboxylic acids is 1. The van der Waals surface area contributed by atoms with Gasteiger partial charge in [0.05, 0.1) is 5.92 Å². The summed E-state index contributed by atoms with van der Waals surface area (Å²) >= 11 is 5.89. The van der Waals surface area contributed by atoms with Crippen LogP contribution in [0.2, 0.25) is 5.02 Å². The van der Waals surface area contributed by atoms with Crippen molar-refractivity contribution in [3.05, 3.63) is 65.3 Å². The number of amides is 1. The van der Waals surface area contributed by atoms with Gasteiger partial charge in [-0.15, -0.1) is 0 Å². The van der Waals surface area contributed by atoms with Crippen molar-refractivity contribution in [2.45, 2.75) is 12.3 Å². The largest absolute Gasteiger partial charge is 0.339 e. The average Bonchev–Trinajstić information content (AvgIpc) is 3.23. The number of halogens is 2. The lowest BCUT2D eigenvalue weighted by molar-refractivity contribution is -0.117. The molecule has 0 saturated carbocycles. The quantitative estimate of drug-likeness (QED) is 0.709. The summed E-state index contributed by atoms with van der Waals surface area (Å²) in [5.41, 5.74) is 1.45. The van der Waals surface area contributed by atoms with E-state index in [2.05, 4.69) is 10.1 Å². The van der Waals surface area contributed by atoms with Crippen molar-refractivity contribution in [1.82, 2.24) is 10.1 Å². The molecule has 3 aromatic rings. The highest BCUT2D eigenvalue weighted by atomic mass is 35.5. The topological polar surface area (TPSA) is 59.2 Å². The summed E-state index contributed by atoms with van der Waals surface area (Å²) in [5.74, 6) is 0.280. The second-order valence-electron chi connectivity index (χ2n) is 5.84. The highest BCUT2D eigenvalue weighted by Gasteiger charge is 2.35. The Balaban J connectivity index is 1.54. The van der Waals surface area contributed by atoms with Crippen molar-refractivity contribution in [2.24, 2.45) is 0 Å². The summed E-state index contributed by atoms with van der Waals surface area (Å²) in [4.78, 5) is 18.4. The summed E-state index contributed by atoms with van der Waals surface area (Å²) in [5, 5.41) is 4.56. The van der Waals surface area contributed by atoms with Crippen LogP contribution >= 0.6 is 11.6 Å². The predicted octanol–water partition coefficient (Wildman–Crippen LogP) is 4.05. The minimum absolute atomic E-state index is 0.00569. The van der Waals surface area contributed by atoms with Crippen LogP contribution < -0.4 is 4.90 Å². The molecule has 1 aromatic heterocycles. The molecule has 0 spiro atoms. The van der Waals surface area contributed by atoms with E-state index in [4.69, 9.17) is 16.1 Å². The van der Waals surface area contributed by atoms with Gasteiger partial charge in [0.25, 0.3) is 0 Å². The Morgan fingerprint density at radius 3 is 2.56 bits per heavy atom. The second kappa shape index (κ2) is 6.29. The van der Waals surface area contributed by atoms with Crippen molar-refractivity contribution in [2.75, 3.05) is 11.4 Å². The molecule has 0 aliphatic carbocycles. The first kappa shape index (κ1) is 15.8. The van der Waals surface area contributed by atoms with E-state index in [0.29, 0.717) is 35.3 Å². The van der Waals surface area contributed by atoms with Crippen molar-refractivity contribution in [1.29, 1.82) is 0 Å². The Labute approximate surface area is 148 Å². The zero-order valence-electron chi connectivity index (χ0n) is 13.0. The lowest BCUT2D eigenvalue weighted by atomic mass is 10.1. The molecule has 25 heavy (non-hydrogen) atoms. The number of aromatic nitrogens is 2. The van der Waals surface area contributed by atoms with E-state index in [0.717, 1.165) is 5.69 Å². The first-order chi connectivity index (χ1) is 12.1. The van der Waals surface area contributed by atoms with Crippen LogP contribution in [0.5, 0.6) is 0 Å². The highest BCUT2D eigenvalue weighted by molar-refractivity contribution is 6.30. The first-order valence-electron chi connectivity index (χ1n) is 7.75. The maximum absolute atomic E-state index is 13.0. The van der Waals surface area contributed by atoms with E-state index < -0.39 is 0 Å². The highest BCUT2D eigenvalue weighted by Crippen LogP contribution is 2.32. The molecule has 7 heteroatoms. The molecule has 1 atom stereocenters. The van der Waals surface area contributed by atoms with Crippen LogP contribution in [0.25, 0.3) is 11.4 Å². The molecule has 1 aliphatic heterocycles. The number of anilines is 1. The molecule has 2 heterocycles. The van der Waals surface area contributed by atoms with Crippen LogP contribution in [0, 0.1) is 5.82 Å². The first-order valence-corrected chi connectivity index (χ1v) is 8.13. The molecule has 0 N–H and O–H groups in total. The van der Waals surface area contributed by atoms with E-state index in [1.165, 1.54) is 12.1 Å². The maximum atomic E-state index is 13.0. The van der Waals surface area contributed by atoms with Crippen LogP contribution in [0.3, 0.4) is 0 Å². The fraction of sp³-hybridized carbons (Fsp3) is 0.167. The summed E-state index contributed by atoms with van der Waals surface area (Å²) in [7, 11) is 0. The lowest BCUT2D eigenvalue weighted by Crippen LogP contribution is -2.24. The Kier molecular flexibility index (Phi) is 3.97. The van der Waals surface area contributed by atoms with E-state index in [9.17, 15) is 9.18 Å². The smallest absolute Gasteiger partial charge is 0.232 e. The van der Waals surface area contributed by atoms with Gasteiger partial charge in [-0.3, -0.25) is 4.79 Å². The zero-order valence-corrected chi connectivity index (χ0v) is 13.8. The van der Waals surface area contributed by atoms with Crippen molar-refractivity contribution in [3.63, 3.8) is 0 Å². The Hall–Kier alpha value is -2.73. The minimum Gasteiger partial charge on any atom is -0.339 e. The van der Waals surface area contributed by atoms with E-state index in [1.807, 2.05) is 0 Å². The molecular weight excluding hydrogens is 345 g/mol. The van der Waals surface area contributed by atoms with Crippen molar-refractivity contribution in [3.8, 4) is 11.4 Å². The molecular formula is C18H13ClFN3O2. The van der Waals surface area contributed by atoms with Gasteiger partial charge in [0, 0.05) is 29.2 Å². The number of hydrogen-bond donors (Lipinski definition) is 0. The zero-order chi connectivity index (χ0) is 17.4. The molecule has 126 valence electrons. The van der Waals surface area contributed by atoms with Crippen LogP contribution in [0.15, 0.2) is 53.1 Å². The number of carbonyl (C=O) groups is 1. The third-order valence-electron chi connectivity index (χ3n) is 4.16. The Morgan fingerprint density at radius 2 is 1.84 bits per heavy atom. The molecule has 1 fully saturated rings. The van der Waals surface area contributed by atoms with Gasteiger partial charge in [0.2, 0.25) is 17.6 Å². The molecule has 1 amide bonds. The van der Waals surface area contributed by atoms with Crippen LogP contribution in [-0.4, -0.2) is 22.6 Å². The molecule has 4 rings (SSSR count). The normalized spacial score (nSPS) is 17.3. The van der Waals surface area contributed by atoms with E-state index >= 15 is 0 Å². The minimum atomic E-state index is -0.326. The number of nitrogens with zero attached hydrogens (tertiary/aromatic N) is 3. The number of hydrogen-bond acceptors (Lipinski definition) is 4. The van der Waals surface area contributed by atoms with Gasteiger partial charge in [0.15, 0.2) is 0 Å². The van der Waals surface area contributed by atoms with Crippen molar-refractivity contribution >= 4 is 23.2 Å². The van der Waals surface area contributed by atoms with E-state index in [1.54, 1.807) is 41.3 Å². The SMILES string of the molecule is O=C1CC(c2nc(-c3ccc(F)cc3)no2)CN1c1ccc(Cl)cc1. The molecule has 0 radical (unpaired) electrons. The van der Waals surface area contributed by atoms with E-state index in [-0.39, 0.29) is 17.6 Å². The lowest BCUT2D eigenvalue weighted by Gasteiger charge is -2.15. The second-order valence-corrected chi connectivity index (χ2v) is 6.28. The molecule has 1 saturated heterocycles. The van der Waals surface area contributed by atoms with Crippen LogP contribution in [0.4, 0.5) is 10.1 Å². The monoisotopic (exact) mass is 357 g/mol. The van der Waals surface area contributed by atoms with Gasteiger partial charge in [-0.1, -0.05) is 16.8 Å².